The van der Waals surface area contributed by atoms with E-state index < -0.39 is 12.2 Å². The van der Waals surface area contributed by atoms with Crippen molar-refractivity contribution in [3.05, 3.63) is 0 Å². The number of hydrogen-bond acceptors (Lipinski definition) is 5. The molecule has 148 valence electrons. The van der Waals surface area contributed by atoms with Crippen LogP contribution in [0.3, 0.4) is 0 Å². The second-order valence-corrected chi connectivity index (χ2v) is 8.21. The molecule has 0 aromatic rings. The second kappa shape index (κ2) is 12.0. The second-order valence-electron chi connectivity index (χ2n) is 8.21. The van der Waals surface area contributed by atoms with Crippen LogP contribution in [0.2, 0.25) is 0 Å². The van der Waals surface area contributed by atoms with Gasteiger partial charge in [0.1, 0.15) is 11.9 Å². The minimum atomic E-state index is -0.617. The maximum absolute atomic E-state index is 11.8. The van der Waals surface area contributed by atoms with E-state index in [0.717, 1.165) is 32.1 Å². The molecule has 5 heteroatoms. The van der Waals surface area contributed by atoms with Gasteiger partial charge in [-0.2, -0.15) is 0 Å². The maximum atomic E-state index is 11.8. The van der Waals surface area contributed by atoms with Crippen molar-refractivity contribution in [2.75, 3.05) is 13.2 Å². The third-order valence-corrected chi connectivity index (χ3v) is 4.81. The molecule has 1 rings (SSSR count). The summed E-state index contributed by atoms with van der Waals surface area (Å²) in [5.41, 5.74) is -0.192. The van der Waals surface area contributed by atoms with E-state index in [0.29, 0.717) is 18.8 Å². The third kappa shape index (κ3) is 9.69. The summed E-state index contributed by atoms with van der Waals surface area (Å²) in [6.45, 7) is 6.46. The van der Waals surface area contributed by atoms with Crippen LogP contribution in [0.4, 0.5) is 0 Å². The van der Waals surface area contributed by atoms with E-state index in [-0.39, 0.29) is 18.3 Å². The van der Waals surface area contributed by atoms with E-state index in [1.54, 1.807) is 0 Å². The van der Waals surface area contributed by atoms with Crippen LogP contribution in [0.25, 0.3) is 0 Å². The first-order valence-corrected chi connectivity index (χ1v) is 9.94. The Balaban J connectivity index is 1.84. The fourth-order valence-electron chi connectivity index (χ4n) is 3.00. The Kier molecular flexibility index (Phi) is 10.8. The van der Waals surface area contributed by atoms with Gasteiger partial charge in [0.05, 0.1) is 12.7 Å². The molecule has 0 aromatic carbocycles. The molecule has 0 bridgehead atoms. The fraction of sp³-hybridized carbons (Fsp3) is 0.950. The fourth-order valence-corrected chi connectivity index (χ4v) is 3.00. The van der Waals surface area contributed by atoms with E-state index in [2.05, 4.69) is 0 Å². The zero-order valence-corrected chi connectivity index (χ0v) is 16.3. The minimum absolute atomic E-state index is 0.161. The van der Waals surface area contributed by atoms with Crippen LogP contribution in [-0.2, 0) is 14.3 Å². The molecule has 0 amide bonds. The summed E-state index contributed by atoms with van der Waals surface area (Å²) in [5, 5.41) is 18.6. The van der Waals surface area contributed by atoms with E-state index >= 15 is 0 Å². The zero-order chi connectivity index (χ0) is 18.7. The SMILES string of the molecule is CC(C)(C)C(=O)CCCCCCCCCCO[C@H]1CC(O)[C@H](CO)O1. The number of aliphatic hydroxyl groups excluding tert-OH is 2. The van der Waals surface area contributed by atoms with Crippen molar-refractivity contribution in [1.29, 1.82) is 0 Å². The lowest BCUT2D eigenvalue weighted by molar-refractivity contribution is -0.143. The van der Waals surface area contributed by atoms with Gasteiger partial charge in [-0.15, -0.1) is 0 Å². The number of ether oxygens (including phenoxy) is 2. The van der Waals surface area contributed by atoms with Crippen molar-refractivity contribution in [3.63, 3.8) is 0 Å². The molecule has 25 heavy (non-hydrogen) atoms. The number of rotatable bonds is 13. The van der Waals surface area contributed by atoms with Gasteiger partial charge in [-0.05, 0) is 12.8 Å². The van der Waals surface area contributed by atoms with Crippen molar-refractivity contribution < 1.29 is 24.5 Å². The molecule has 2 N–H and O–H groups in total. The van der Waals surface area contributed by atoms with Crippen LogP contribution in [0.5, 0.6) is 0 Å². The van der Waals surface area contributed by atoms with Gasteiger partial charge >= 0.3 is 0 Å². The highest BCUT2D eigenvalue weighted by atomic mass is 16.7. The summed E-state index contributed by atoms with van der Waals surface area (Å²) >= 11 is 0. The highest BCUT2D eigenvalue weighted by molar-refractivity contribution is 5.83. The molecular formula is C20H38O5. The quantitative estimate of drug-likeness (QED) is 0.492. The molecule has 0 aromatic heterocycles. The Bertz CT molecular complexity index is 364. The van der Waals surface area contributed by atoms with Gasteiger partial charge in [-0.3, -0.25) is 4.79 Å². The van der Waals surface area contributed by atoms with Crippen molar-refractivity contribution in [2.45, 2.75) is 103 Å². The monoisotopic (exact) mass is 358 g/mol. The summed E-state index contributed by atoms with van der Waals surface area (Å²) in [4.78, 5) is 11.8. The number of hydrogen-bond donors (Lipinski definition) is 2. The molecule has 1 saturated heterocycles. The van der Waals surface area contributed by atoms with Gasteiger partial charge in [0.2, 0.25) is 0 Å². The van der Waals surface area contributed by atoms with Crippen LogP contribution < -0.4 is 0 Å². The molecule has 1 fully saturated rings. The summed E-state index contributed by atoms with van der Waals surface area (Å²) in [7, 11) is 0. The normalized spacial score (nSPS) is 24.0. The molecule has 5 nitrogen and oxygen atoms in total. The maximum Gasteiger partial charge on any atom is 0.160 e. The van der Waals surface area contributed by atoms with Gasteiger partial charge in [-0.25, -0.2) is 0 Å². The summed E-state index contributed by atoms with van der Waals surface area (Å²) < 4.78 is 11.0. The lowest BCUT2D eigenvalue weighted by atomic mass is 9.88. The number of Topliss-reactive ketones (excluding diaryl/α,β-unsaturated/α-hetero) is 1. The number of aliphatic hydroxyl groups is 2. The molecule has 1 aliphatic heterocycles. The summed E-state index contributed by atoms with van der Waals surface area (Å²) in [5.74, 6) is 0.372. The predicted octanol–water partition coefficient (Wildman–Crippen LogP) is 3.60. The molecule has 0 saturated carbocycles. The Labute approximate surface area is 153 Å². The molecule has 1 heterocycles. The van der Waals surface area contributed by atoms with E-state index in [1.807, 2.05) is 20.8 Å². The van der Waals surface area contributed by atoms with Crippen LogP contribution in [-0.4, -0.2) is 47.7 Å². The van der Waals surface area contributed by atoms with E-state index in [1.165, 1.54) is 25.7 Å². The van der Waals surface area contributed by atoms with Crippen molar-refractivity contribution >= 4 is 5.78 Å². The smallest absolute Gasteiger partial charge is 0.160 e. The number of carbonyl (C=O) groups excluding carboxylic acids is 1. The Morgan fingerprint density at radius 3 is 2.12 bits per heavy atom. The molecule has 1 aliphatic rings. The van der Waals surface area contributed by atoms with Crippen LogP contribution >= 0.6 is 0 Å². The standard InChI is InChI=1S/C20H38O5/c1-20(2,3)18(23)12-10-8-6-4-5-7-9-11-13-24-19-14-16(22)17(15-21)25-19/h16-17,19,21-22H,4-15H2,1-3H3/t16?,17-,19+/m0/s1. The highest BCUT2D eigenvalue weighted by Crippen LogP contribution is 2.21. The van der Waals surface area contributed by atoms with Crippen molar-refractivity contribution in [2.24, 2.45) is 5.41 Å². The Hall–Kier alpha value is -0.490. The molecule has 0 radical (unpaired) electrons. The van der Waals surface area contributed by atoms with Gasteiger partial charge in [0.15, 0.2) is 6.29 Å². The number of carbonyl (C=O) groups is 1. The van der Waals surface area contributed by atoms with Crippen LogP contribution in [0.1, 0.15) is 85.0 Å². The third-order valence-electron chi connectivity index (χ3n) is 4.81. The first-order chi connectivity index (χ1) is 11.8. The van der Waals surface area contributed by atoms with Crippen LogP contribution in [0, 0.1) is 5.41 Å². The van der Waals surface area contributed by atoms with E-state index in [9.17, 15) is 9.90 Å². The van der Waals surface area contributed by atoms with Gasteiger partial charge in [0.25, 0.3) is 0 Å². The Morgan fingerprint density at radius 2 is 1.60 bits per heavy atom. The predicted molar refractivity (Wildman–Crippen MR) is 98.3 cm³/mol. The lowest BCUT2D eigenvalue weighted by Gasteiger charge is -2.16. The van der Waals surface area contributed by atoms with Crippen molar-refractivity contribution in [1.82, 2.24) is 0 Å². The van der Waals surface area contributed by atoms with Crippen LogP contribution in [0.15, 0.2) is 0 Å². The first kappa shape index (κ1) is 22.6. The Morgan fingerprint density at radius 1 is 1.04 bits per heavy atom. The van der Waals surface area contributed by atoms with Gasteiger partial charge < -0.3 is 19.7 Å². The molecule has 1 unspecified atom stereocenters. The molecular weight excluding hydrogens is 320 g/mol. The van der Waals surface area contributed by atoms with Gasteiger partial charge in [0, 0.05) is 24.9 Å². The van der Waals surface area contributed by atoms with Gasteiger partial charge in [-0.1, -0.05) is 59.3 Å². The highest BCUT2D eigenvalue weighted by Gasteiger charge is 2.33. The molecule has 3 atom stereocenters. The summed E-state index contributed by atoms with van der Waals surface area (Å²) in [6, 6.07) is 0. The summed E-state index contributed by atoms with van der Waals surface area (Å²) in [6.07, 6.45) is 8.88. The number of unbranched alkanes of at least 4 members (excludes halogenated alkanes) is 7. The largest absolute Gasteiger partial charge is 0.394 e. The average molecular weight is 359 g/mol. The topological polar surface area (TPSA) is 76.0 Å². The number of ketones is 1. The zero-order valence-electron chi connectivity index (χ0n) is 16.3. The lowest BCUT2D eigenvalue weighted by Crippen LogP contribution is -2.24. The van der Waals surface area contributed by atoms with Crippen molar-refractivity contribution in [3.8, 4) is 0 Å². The first-order valence-electron chi connectivity index (χ1n) is 9.94. The average Bonchev–Trinajstić information content (AvgIpc) is 2.91. The van der Waals surface area contributed by atoms with E-state index in [4.69, 9.17) is 14.6 Å². The molecule has 0 spiro atoms. The minimum Gasteiger partial charge on any atom is -0.394 e. The molecule has 0 aliphatic carbocycles.